The van der Waals surface area contributed by atoms with E-state index in [1.54, 1.807) is 5.57 Å². The molecule has 8 atom stereocenters. The molecule has 0 aromatic heterocycles. The Kier molecular flexibility index (Phi) is 7.69. The van der Waals surface area contributed by atoms with Crippen LogP contribution in [-0.4, -0.2) is 18.0 Å². The Labute approximate surface area is 201 Å². The zero-order valence-electron chi connectivity index (χ0n) is 21.1. The van der Waals surface area contributed by atoms with E-state index in [1.807, 2.05) is 0 Å². The number of allylic oxidation sites excluding steroid dienone is 1. The van der Waals surface area contributed by atoms with E-state index in [1.165, 1.54) is 70.6 Å². The Morgan fingerprint density at radius 3 is 2.58 bits per heavy atom. The third-order valence-electron chi connectivity index (χ3n) is 10.7. The Hall–Kier alpha value is 0.180. The van der Waals surface area contributed by atoms with E-state index < -0.39 is 0 Å². The summed E-state index contributed by atoms with van der Waals surface area (Å²) in [5.41, 5.74) is 2.83. The van der Waals surface area contributed by atoms with Gasteiger partial charge in [-0.2, -0.15) is 0 Å². The standard InChI is InChI=1S/C29H49BrO/c1-20(2)7-6-8-21(3)25-11-12-26-24-10-9-22-19-23(31-18-17-30)13-15-28(22,4)27(24)14-16-29(25,26)5/h9,20-21,23-27H,6-8,10-19H2,1-5H3/t21-,23?,24?,25-,26?,27?,28+,29-/m1/s1. The van der Waals surface area contributed by atoms with Gasteiger partial charge in [0.05, 0.1) is 12.7 Å². The molecule has 31 heavy (non-hydrogen) atoms. The summed E-state index contributed by atoms with van der Waals surface area (Å²) >= 11 is 3.53. The van der Waals surface area contributed by atoms with Crippen LogP contribution in [0.1, 0.15) is 105 Å². The molecule has 2 heteroatoms. The minimum absolute atomic E-state index is 0.458. The summed E-state index contributed by atoms with van der Waals surface area (Å²) in [7, 11) is 0. The summed E-state index contributed by atoms with van der Waals surface area (Å²) in [5.74, 6) is 5.59. The third-order valence-corrected chi connectivity index (χ3v) is 11.0. The predicted octanol–water partition coefficient (Wildman–Crippen LogP) is 8.81. The fourth-order valence-corrected chi connectivity index (χ4v) is 9.19. The van der Waals surface area contributed by atoms with Gasteiger partial charge in [-0.3, -0.25) is 0 Å². The van der Waals surface area contributed by atoms with Gasteiger partial charge in [-0.15, -0.1) is 0 Å². The first-order valence-corrected chi connectivity index (χ1v) is 14.8. The van der Waals surface area contributed by atoms with Crippen LogP contribution in [0.3, 0.4) is 0 Å². The maximum absolute atomic E-state index is 6.15. The number of halogens is 1. The fourth-order valence-electron chi connectivity index (χ4n) is 9.01. The van der Waals surface area contributed by atoms with E-state index >= 15 is 0 Å². The van der Waals surface area contributed by atoms with Crippen molar-refractivity contribution in [1.82, 2.24) is 0 Å². The summed E-state index contributed by atoms with van der Waals surface area (Å²) in [6.45, 7) is 13.6. The number of hydrogen-bond acceptors (Lipinski definition) is 1. The van der Waals surface area contributed by atoms with Gasteiger partial charge in [0.1, 0.15) is 0 Å². The van der Waals surface area contributed by atoms with Gasteiger partial charge >= 0.3 is 0 Å². The lowest BCUT2D eigenvalue weighted by Crippen LogP contribution is -2.51. The zero-order chi connectivity index (χ0) is 22.2. The van der Waals surface area contributed by atoms with Gasteiger partial charge in [-0.1, -0.05) is 81.5 Å². The van der Waals surface area contributed by atoms with Crippen LogP contribution in [-0.2, 0) is 4.74 Å². The van der Waals surface area contributed by atoms with Crippen molar-refractivity contribution < 1.29 is 4.74 Å². The highest BCUT2D eigenvalue weighted by Gasteiger charge is 2.59. The minimum Gasteiger partial charge on any atom is -0.377 e. The van der Waals surface area contributed by atoms with Crippen molar-refractivity contribution >= 4 is 15.9 Å². The number of alkyl halides is 1. The van der Waals surface area contributed by atoms with Gasteiger partial charge in [0, 0.05) is 5.33 Å². The molecule has 0 aliphatic heterocycles. The summed E-state index contributed by atoms with van der Waals surface area (Å²) < 4.78 is 6.15. The maximum Gasteiger partial charge on any atom is 0.0613 e. The molecule has 3 saturated carbocycles. The second-order valence-corrected chi connectivity index (χ2v) is 13.5. The first kappa shape index (κ1) is 24.3. The van der Waals surface area contributed by atoms with Crippen molar-refractivity contribution in [2.75, 3.05) is 11.9 Å². The quantitative estimate of drug-likeness (QED) is 0.242. The molecular formula is C29H49BrO. The molecule has 0 heterocycles. The van der Waals surface area contributed by atoms with Crippen LogP contribution in [0.2, 0.25) is 0 Å². The molecule has 0 saturated heterocycles. The van der Waals surface area contributed by atoms with Gasteiger partial charge in [0.15, 0.2) is 0 Å². The SMILES string of the molecule is CC(C)CCC[C@@H](C)[C@H]1CCC2C3CC=C4CC(OCCBr)CC[C@]4(C)C3CC[C@@]21C. The second kappa shape index (κ2) is 9.81. The highest BCUT2D eigenvalue weighted by molar-refractivity contribution is 9.09. The Bertz CT molecular complexity index is 641. The lowest BCUT2D eigenvalue weighted by molar-refractivity contribution is -0.0628. The van der Waals surface area contributed by atoms with Crippen LogP contribution in [0.15, 0.2) is 11.6 Å². The van der Waals surface area contributed by atoms with Gasteiger partial charge in [0.2, 0.25) is 0 Å². The van der Waals surface area contributed by atoms with E-state index in [4.69, 9.17) is 4.74 Å². The second-order valence-electron chi connectivity index (χ2n) is 12.7. The molecular weight excluding hydrogens is 444 g/mol. The monoisotopic (exact) mass is 492 g/mol. The molecule has 3 fully saturated rings. The van der Waals surface area contributed by atoms with Crippen LogP contribution in [0.4, 0.5) is 0 Å². The summed E-state index contributed by atoms with van der Waals surface area (Å²) in [6, 6.07) is 0. The Balaban J connectivity index is 1.45. The molecule has 0 bridgehead atoms. The molecule has 0 radical (unpaired) electrons. The molecule has 0 aromatic rings. The topological polar surface area (TPSA) is 9.23 Å². The molecule has 0 amide bonds. The Morgan fingerprint density at radius 2 is 1.84 bits per heavy atom. The van der Waals surface area contributed by atoms with Crippen molar-refractivity contribution in [2.45, 2.75) is 111 Å². The largest absolute Gasteiger partial charge is 0.377 e. The normalized spacial score (nSPS) is 43.2. The van der Waals surface area contributed by atoms with E-state index in [2.05, 4.69) is 56.6 Å². The van der Waals surface area contributed by atoms with Crippen molar-refractivity contribution in [2.24, 2.45) is 46.3 Å². The van der Waals surface area contributed by atoms with Crippen molar-refractivity contribution in [1.29, 1.82) is 0 Å². The van der Waals surface area contributed by atoms with Crippen LogP contribution in [0, 0.1) is 46.3 Å². The average molecular weight is 494 g/mol. The highest BCUT2D eigenvalue weighted by atomic mass is 79.9. The summed E-state index contributed by atoms with van der Waals surface area (Å²) in [5, 5.41) is 0.960. The van der Waals surface area contributed by atoms with Gasteiger partial charge in [-0.25, -0.2) is 0 Å². The Morgan fingerprint density at radius 1 is 1.03 bits per heavy atom. The summed E-state index contributed by atoms with van der Waals surface area (Å²) in [4.78, 5) is 0. The van der Waals surface area contributed by atoms with Crippen LogP contribution < -0.4 is 0 Å². The molecule has 4 unspecified atom stereocenters. The molecule has 4 aliphatic carbocycles. The van der Waals surface area contributed by atoms with E-state index in [0.29, 0.717) is 16.9 Å². The van der Waals surface area contributed by atoms with Crippen molar-refractivity contribution in [3.8, 4) is 0 Å². The molecule has 1 nitrogen and oxygen atoms in total. The molecule has 0 aromatic carbocycles. The van der Waals surface area contributed by atoms with Gasteiger partial charge in [0.25, 0.3) is 0 Å². The van der Waals surface area contributed by atoms with Crippen LogP contribution in [0.5, 0.6) is 0 Å². The van der Waals surface area contributed by atoms with Crippen LogP contribution >= 0.6 is 15.9 Å². The van der Waals surface area contributed by atoms with Gasteiger partial charge in [-0.05, 0) is 97.7 Å². The third kappa shape index (κ3) is 4.60. The maximum atomic E-state index is 6.15. The lowest BCUT2D eigenvalue weighted by atomic mass is 9.47. The van der Waals surface area contributed by atoms with Crippen molar-refractivity contribution in [3.63, 3.8) is 0 Å². The average Bonchev–Trinajstić information content (AvgIpc) is 3.09. The van der Waals surface area contributed by atoms with E-state index in [-0.39, 0.29) is 0 Å². The van der Waals surface area contributed by atoms with E-state index in [9.17, 15) is 0 Å². The zero-order valence-corrected chi connectivity index (χ0v) is 22.7. The fraction of sp³-hybridized carbons (Fsp3) is 0.931. The molecule has 4 rings (SSSR count). The van der Waals surface area contributed by atoms with Crippen molar-refractivity contribution in [3.05, 3.63) is 11.6 Å². The predicted molar refractivity (Wildman–Crippen MR) is 137 cm³/mol. The number of fused-ring (bicyclic) bond motifs is 5. The first-order chi connectivity index (χ1) is 14.8. The molecule has 4 aliphatic rings. The smallest absolute Gasteiger partial charge is 0.0613 e. The number of hydrogen-bond donors (Lipinski definition) is 0. The molecule has 178 valence electrons. The lowest BCUT2D eigenvalue weighted by Gasteiger charge is -2.58. The number of ether oxygens (including phenoxy) is 1. The van der Waals surface area contributed by atoms with Gasteiger partial charge < -0.3 is 4.74 Å². The number of rotatable bonds is 8. The summed E-state index contributed by atoms with van der Waals surface area (Å²) in [6.07, 6.45) is 18.6. The first-order valence-electron chi connectivity index (χ1n) is 13.7. The minimum atomic E-state index is 0.458. The molecule has 0 N–H and O–H groups in total. The van der Waals surface area contributed by atoms with E-state index in [0.717, 1.165) is 47.4 Å². The highest BCUT2D eigenvalue weighted by Crippen LogP contribution is 2.67. The molecule has 0 spiro atoms. The van der Waals surface area contributed by atoms with Crippen LogP contribution in [0.25, 0.3) is 0 Å².